The number of benzene rings is 2. The Bertz CT molecular complexity index is 2020. The minimum Gasteiger partial charge on any atom is -0.461 e. The number of nitrogens with zero attached hydrogens (tertiary/aromatic N) is 7. The van der Waals surface area contributed by atoms with Gasteiger partial charge in [-0.3, -0.25) is 4.90 Å². The van der Waals surface area contributed by atoms with Gasteiger partial charge in [-0.05, 0) is 43.5 Å². The van der Waals surface area contributed by atoms with E-state index in [1.807, 2.05) is 6.07 Å². The molecule has 9 nitrogen and oxygen atoms in total. The first kappa shape index (κ1) is 29.4. The Kier molecular flexibility index (Phi) is 6.70. The minimum absolute atomic E-state index is 0.0341. The molecule has 46 heavy (non-hydrogen) atoms. The Hall–Kier alpha value is -4.04. The molecule has 4 fully saturated rings. The largest absolute Gasteiger partial charge is 0.461 e. The molecule has 0 radical (unpaired) electrons. The number of fused-ring (bicyclic) bond motifs is 3. The highest BCUT2D eigenvalue weighted by atomic mass is 35.5. The van der Waals surface area contributed by atoms with Gasteiger partial charge in [0, 0.05) is 60.9 Å². The van der Waals surface area contributed by atoms with Crippen LogP contribution in [-0.4, -0.2) is 77.4 Å². The van der Waals surface area contributed by atoms with Crippen LogP contribution >= 0.6 is 22.9 Å². The molecule has 2 N–H and O–H groups in total. The Morgan fingerprint density at radius 3 is 2.76 bits per heavy atom. The lowest BCUT2D eigenvalue weighted by Crippen LogP contribution is -2.55. The highest BCUT2D eigenvalue weighted by molar-refractivity contribution is 7.23. The number of hydrogen-bond acceptors (Lipinski definition) is 10. The molecule has 0 bridgehead atoms. The van der Waals surface area contributed by atoms with Crippen molar-refractivity contribution in [2.24, 2.45) is 5.41 Å². The van der Waals surface area contributed by atoms with Gasteiger partial charge in [0.05, 0.1) is 20.8 Å². The Labute approximate surface area is 271 Å². The molecule has 0 saturated carbocycles. The molecular weight excluding hydrogens is 637 g/mol. The Morgan fingerprint density at radius 2 is 1.98 bits per heavy atom. The van der Waals surface area contributed by atoms with Crippen molar-refractivity contribution >= 4 is 54.7 Å². The summed E-state index contributed by atoms with van der Waals surface area (Å²) < 4.78 is 52.6. The average molecular weight is 665 g/mol. The maximum atomic E-state index is 16.9. The van der Waals surface area contributed by atoms with Gasteiger partial charge in [0.1, 0.15) is 41.0 Å². The number of aromatic nitrogens is 2. The first-order chi connectivity index (χ1) is 22.1. The van der Waals surface area contributed by atoms with Crippen LogP contribution in [0.4, 0.5) is 24.0 Å². The molecule has 2 atom stereocenters. The summed E-state index contributed by atoms with van der Waals surface area (Å²) in [6, 6.07) is 6.18. The van der Waals surface area contributed by atoms with Gasteiger partial charge >= 0.3 is 6.01 Å². The van der Waals surface area contributed by atoms with Crippen LogP contribution in [0.25, 0.3) is 32.1 Å². The van der Waals surface area contributed by atoms with Crippen molar-refractivity contribution in [2.45, 2.75) is 37.4 Å². The highest BCUT2D eigenvalue weighted by Gasteiger charge is 2.50. The fraction of sp³-hybridized carbons (Fsp3) is 0.438. The van der Waals surface area contributed by atoms with Crippen molar-refractivity contribution in [1.82, 2.24) is 19.8 Å². The molecule has 0 unspecified atom stereocenters. The fourth-order valence-electron chi connectivity index (χ4n) is 8.08. The number of likely N-dealkylation sites (tertiary alicyclic amines) is 1. The molecule has 6 heterocycles. The molecule has 4 aliphatic heterocycles. The number of alkyl halides is 1. The monoisotopic (exact) mass is 664 g/mol. The Morgan fingerprint density at radius 1 is 1.15 bits per heavy atom. The van der Waals surface area contributed by atoms with E-state index in [2.05, 4.69) is 21.0 Å². The van der Waals surface area contributed by atoms with Crippen molar-refractivity contribution in [2.75, 3.05) is 56.5 Å². The lowest BCUT2D eigenvalue weighted by molar-refractivity contribution is 0.0695. The second-order valence-electron chi connectivity index (χ2n) is 13.0. The molecular formula is C32H28ClF3N8OS. The number of halogens is 4. The summed E-state index contributed by atoms with van der Waals surface area (Å²) in [6.07, 6.45) is 4.18. The summed E-state index contributed by atoms with van der Waals surface area (Å²) in [5, 5.41) is 19.9. The van der Waals surface area contributed by atoms with Crippen molar-refractivity contribution in [1.29, 1.82) is 10.5 Å². The van der Waals surface area contributed by atoms with Crippen LogP contribution in [-0.2, 0) is 0 Å². The predicted octanol–water partition coefficient (Wildman–Crippen LogP) is 5.85. The SMILES string of the molecule is N#Cc1c(N)sc2c(F)ccc(-c3c(Cl)cc4c(N5CCC6(CN(C#N)C6)C5)nc(OC[C@@]56CCCN5C[C@H](F)C6)nc4c3F)c12. The van der Waals surface area contributed by atoms with E-state index >= 15 is 4.39 Å². The molecule has 1 spiro atoms. The van der Waals surface area contributed by atoms with E-state index in [4.69, 9.17) is 27.1 Å². The number of ether oxygens (including phenoxy) is 1. The van der Waals surface area contributed by atoms with E-state index in [0.29, 0.717) is 50.3 Å². The number of anilines is 2. The predicted molar refractivity (Wildman–Crippen MR) is 169 cm³/mol. The molecule has 4 saturated heterocycles. The van der Waals surface area contributed by atoms with Crippen LogP contribution in [0.1, 0.15) is 31.2 Å². The van der Waals surface area contributed by atoms with Gasteiger partial charge < -0.3 is 20.3 Å². The van der Waals surface area contributed by atoms with Gasteiger partial charge in [0.15, 0.2) is 12.0 Å². The number of nitrogen functional groups attached to an aromatic ring is 1. The van der Waals surface area contributed by atoms with E-state index in [1.54, 1.807) is 11.0 Å². The molecule has 4 aromatic rings. The van der Waals surface area contributed by atoms with Crippen LogP contribution in [0.2, 0.25) is 5.02 Å². The molecule has 4 aliphatic rings. The van der Waals surface area contributed by atoms with Crippen LogP contribution in [0.3, 0.4) is 0 Å². The number of nitriles is 2. The molecule has 0 aliphatic carbocycles. The average Bonchev–Trinajstić information content (AvgIpc) is 3.77. The zero-order valence-corrected chi connectivity index (χ0v) is 26.2. The third kappa shape index (κ3) is 4.36. The Balaban J connectivity index is 1.27. The summed E-state index contributed by atoms with van der Waals surface area (Å²) in [5.41, 5.74) is 5.71. The van der Waals surface area contributed by atoms with Gasteiger partial charge in [-0.1, -0.05) is 17.7 Å². The van der Waals surface area contributed by atoms with Gasteiger partial charge in [-0.2, -0.15) is 20.5 Å². The molecule has 0 amide bonds. The molecule has 2 aromatic heterocycles. The van der Waals surface area contributed by atoms with Gasteiger partial charge in [-0.25, -0.2) is 13.2 Å². The number of hydrogen-bond donors (Lipinski definition) is 1. The van der Waals surface area contributed by atoms with E-state index < -0.39 is 23.3 Å². The van der Waals surface area contributed by atoms with Gasteiger partial charge in [0.25, 0.3) is 0 Å². The first-order valence-corrected chi connectivity index (χ1v) is 16.4. The first-order valence-electron chi connectivity index (χ1n) is 15.2. The maximum absolute atomic E-state index is 16.9. The summed E-state index contributed by atoms with van der Waals surface area (Å²) in [4.78, 5) is 15.2. The lowest BCUT2D eigenvalue weighted by Gasteiger charge is -2.44. The smallest absolute Gasteiger partial charge is 0.319 e. The van der Waals surface area contributed by atoms with E-state index in [0.717, 1.165) is 37.1 Å². The second-order valence-corrected chi connectivity index (χ2v) is 14.5. The van der Waals surface area contributed by atoms with Crippen molar-refractivity contribution in [3.63, 3.8) is 0 Å². The van der Waals surface area contributed by atoms with Gasteiger partial charge in [-0.15, -0.1) is 11.3 Å². The quantitative estimate of drug-likeness (QED) is 0.262. The topological polar surface area (TPSA) is 118 Å². The standard InChI is InChI=1S/C32H28ClF3N8OS/c33-21-8-19-26(25(36)24(21)18-2-3-22(35)27-23(18)20(10-37)28(39)46-27)40-30(45-15-32-4-1-6-44(32)11-17(34)9-32)41-29(19)43-7-5-31(14-43)12-42(13-31)16-38/h2-3,8,17H,1,4-7,9,11-15,39H2/t17-,32+/m1/s1. The molecule has 236 valence electrons. The van der Waals surface area contributed by atoms with E-state index in [9.17, 15) is 19.3 Å². The van der Waals surface area contributed by atoms with Crippen LogP contribution in [0.5, 0.6) is 6.01 Å². The number of thiophene rings is 1. The zero-order chi connectivity index (χ0) is 32.0. The number of rotatable bonds is 5. The molecule has 2 aromatic carbocycles. The molecule has 8 rings (SSSR count). The van der Waals surface area contributed by atoms with Crippen molar-refractivity contribution in [3.05, 3.63) is 40.4 Å². The van der Waals surface area contributed by atoms with Crippen LogP contribution in [0, 0.1) is 39.8 Å². The van der Waals surface area contributed by atoms with Crippen molar-refractivity contribution in [3.8, 4) is 29.4 Å². The second kappa shape index (κ2) is 10.5. The van der Waals surface area contributed by atoms with Crippen molar-refractivity contribution < 1.29 is 17.9 Å². The minimum atomic E-state index is -0.938. The summed E-state index contributed by atoms with van der Waals surface area (Å²) in [7, 11) is 0. The normalized spacial score (nSPS) is 23.7. The summed E-state index contributed by atoms with van der Waals surface area (Å²) in [5.74, 6) is -0.890. The zero-order valence-electron chi connectivity index (χ0n) is 24.6. The fourth-order valence-corrected chi connectivity index (χ4v) is 9.32. The lowest BCUT2D eigenvalue weighted by atomic mass is 9.79. The summed E-state index contributed by atoms with van der Waals surface area (Å²) >= 11 is 7.74. The summed E-state index contributed by atoms with van der Waals surface area (Å²) in [6.45, 7) is 3.84. The van der Waals surface area contributed by atoms with E-state index in [-0.39, 0.29) is 60.3 Å². The van der Waals surface area contributed by atoms with Gasteiger partial charge in [0.2, 0.25) is 0 Å². The third-order valence-corrected chi connectivity index (χ3v) is 11.5. The molecule has 14 heteroatoms. The van der Waals surface area contributed by atoms with Crippen LogP contribution < -0.4 is 15.4 Å². The van der Waals surface area contributed by atoms with Crippen LogP contribution in [0.15, 0.2) is 18.2 Å². The maximum Gasteiger partial charge on any atom is 0.319 e. The van der Waals surface area contributed by atoms with E-state index in [1.165, 1.54) is 12.1 Å². The number of nitrogens with two attached hydrogens (primary N) is 1. The third-order valence-electron chi connectivity index (χ3n) is 10.2. The highest BCUT2D eigenvalue weighted by Crippen LogP contribution is 2.47.